The van der Waals surface area contributed by atoms with E-state index in [4.69, 9.17) is 0 Å². The molecule has 0 aliphatic carbocycles. The Morgan fingerprint density at radius 1 is 1.26 bits per heavy atom. The summed E-state index contributed by atoms with van der Waals surface area (Å²) in [5.41, 5.74) is -0.167. The molecule has 0 aromatic heterocycles. The summed E-state index contributed by atoms with van der Waals surface area (Å²) in [5.74, 6) is -1.84. The molecule has 5 heteroatoms. The molecule has 1 amide bonds. The minimum Gasteiger partial charge on any atom is -0.383 e. The van der Waals surface area contributed by atoms with Gasteiger partial charge in [-0.25, -0.2) is 8.78 Å². The Hall–Kier alpha value is -1.65. The van der Waals surface area contributed by atoms with E-state index in [-0.39, 0.29) is 17.2 Å². The van der Waals surface area contributed by atoms with Crippen molar-refractivity contribution >= 4 is 11.6 Å². The van der Waals surface area contributed by atoms with Crippen molar-refractivity contribution in [1.29, 1.82) is 0 Å². The minimum atomic E-state index is -0.752. The van der Waals surface area contributed by atoms with Gasteiger partial charge in [0.1, 0.15) is 17.3 Å². The Morgan fingerprint density at radius 2 is 1.84 bits per heavy atom. The van der Waals surface area contributed by atoms with E-state index in [1.54, 1.807) is 4.90 Å². The van der Waals surface area contributed by atoms with Gasteiger partial charge in [-0.1, -0.05) is 13.3 Å². The molecule has 0 radical (unpaired) electrons. The fourth-order valence-electron chi connectivity index (χ4n) is 1.87. The van der Waals surface area contributed by atoms with Crippen LogP contribution in [0.4, 0.5) is 14.5 Å². The summed E-state index contributed by atoms with van der Waals surface area (Å²) in [5, 5.41) is 2.43. The standard InChI is InChI=1S/C14H20F2N2O/c1-4-6-7-18(5-2)14(19)10-8-11(15)13(17-3)12(16)9-10/h8-9,17H,4-7H2,1-3H3. The van der Waals surface area contributed by atoms with E-state index in [0.29, 0.717) is 13.1 Å². The number of carbonyl (C=O) groups is 1. The molecule has 3 nitrogen and oxygen atoms in total. The van der Waals surface area contributed by atoms with E-state index in [0.717, 1.165) is 25.0 Å². The number of hydrogen-bond donors (Lipinski definition) is 1. The Kier molecular flexibility index (Phi) is 5.73. The molecule has 0 fully saturated rings. The molecule has 106 valence electrons. The molecular formula is C14H20F2N2O. The normalized spacial score (nSPS) is 10.4. The first-order chi connectivity index (χ1) is 9.04. The van der Waals surface area contributed by atoms with Gasteiger partial charge in [0.2, 0.25) is 0 Å². The molecule has 0 saturated heterocycles. The quantitative estimate of drug-likeness (QED) is 0.860. The minimum absolute atomic E-state index is 0.0481. The molecule has 1 N–H and O–H groups in total. The molecule has 19 heavy (non-hydrogen) atoms. The third-order valence-electron chi connectivity index (χ3n) is 2.99. The maximum absolute atomic E-state index is 13.6. The SMILES string of the molecule is CCCCN(CC)C(=O)c1cc(F)c(NC)c(F)c1. The maximum atomic E-state index is 13.6. The van der Waals surface area contributed by atoms with Crippen LogP contribution in [0.5, 0.6) is 0 Å². The van der Waals surface area contributed by atoms with Gasteiger partial charge in [0.25, 0.3) is 5.91 Å². The molecule has 0 aliphatic heterocycles. The Bertz CT molecular complexity index is 426. The Labute approximate surface area is 112 Å². The summed E-state index contributed by atoms with van der Waals surface area (Å²) < 4.78 is 27.2. The van der Waals surface area contributed by atoms with E-state index >= 15 is 0 Å². The number of nitrogens with one attached hydrogen (secondary N) is 1. The van der Waals surface area contributed by atoms with E-state index in [1.165, 1.54) is 7.05 Å². The molecule has 0 spiro atoms. The molecule has 0 heterocycles. The van der Waals surface area contributed by atoms with Crippen molar-refractivity contribution in [3.8, 4) is 0 Å². The van der Waals surface area contributed by atoms with Crippen LogP contribution < -0.4 is 5.32 Å². The zero-order valence-corrected chi connectivity index (χ0v) is 11.6. The van der Waals surface area contributed by atoms with Gasteiger partial charge in [-0.15, -0.1) is 0 Å². The van der Waals surface area contributed by atoms with Gasteiger partial charge in [-0.3, -0.25) is 4.79 Å². The number of benzene rings is 1. The van der Waals surface area contributed by atoms with Gasteiger partial charge in [0.15, 0.2) is 0 Å². The number of hydrogen-bond acceptors (Lipinski definition) is 2. The van der Waals surface area contributed by atoms with Gasteiger partial charge in [-0.05, 0) is 25.5 Å². The summed E-state index contributed by atoms with van der Waals surface area (Å²) in [4.78, 5) is 13.8. The third-order valence-corrected chi connectivity index (χ3v) is 2.99. The number of nitrogens with zero attached hydrogens (tertiary/aromatic N) is 1. The van der Waals surface area contributed by atoms with Crippen LogP contribution in [0.3, 0.4) is 0 Å². The van der Waals surface area contributed by atoms with E-state index in [2.05, 4.69) is 5.32 Å². The van der Waals surface area contributed by atoms with Gasteiger partial charge in [0.05, 0.1) is 0 Å². The molecule has 0 bridgehead atoms. The molecular weight excluding hydrogens is 250 g/mol. The highest BCUT2D eigenvalue weighted by atomic mass is 19.1. The molecule has 1 aromatic carbocycles. The van der Waals surface area contributed by atoms with Crippen LogP contribution in [-0.2, 0) is 0 Å². The predicted octanol–water partition coefficient (Wildman–Crippen LogP) is 3.27. The summed E-state index contributed by atoms with van der Waals surface area (Å²) in [6.07, 6.45) is 1.84. The smallest absolute Gasteiger partial charge is 0.254 e. The Balaban J connectivity index is 2.98. The van der Waals surface area contributed by atoms with E-state index in [9.17, 15) is 13.6 Å². The first kappa shape index (κ1) is 15.4. The van der Waals surface area contributed by atoms with Crippen molar-refractivity contribution in [2.75, 3.05) is 25.5 Å². The number of rotatable bonds is 6. The molecule has 1 aromatic rings. The first-order valence-corrected chi connectivity index (χ1v) is 6.51. The van der Waals surface area contributed by atoms with Crippen LogP contribution in [0.15, 0.2) is 12.1 Å². The van der Waals surface area contributed by atoms with Crippen LogP contribution in [0.1, 0.15) is 37.0 Å². The van der Waals surface area contributed by atoms with Crippen LogP contribution in [0.2, 0.25) is 0 Å². The highest BCUT2D eigenvalue weighted by Gasteiger charge is 2.18. The monoisotopic (exact) mass is 270 g/mol. The molecule has 0 aliphatic rings. The third kappa shape index (κ3) is 3.66. The lowest BCUT2D eigenvalue weighted by atomic mass is 10.1. The van der Waals surface area contributed by atoms with E-state index < -0.39 is 11.6 Å². The second-order valence-electron chi connectivity index (χ2n) is 4.30. The topological polar surface area (TPSA) is 32.3 Å². The van der Waals surface area contributed by atoms with Gasteiger partial charge in [0, 0.05) is 25.7 Å². The van der Waals surface area contributed by atoms with Crippen molar-refractivity contribution in [3.05, 3.63) is 29.3 Å². The Morgan fingerprint density at radius 3 is 2.26 bits per heavy atom. The lowest BCUT2D eigenvalue weighted by Gasteiger charge is -2.21. The maximum Gasteiger partial charge on any atom is 0.254 e. The predicted molar refractivity (Wildman–Crippen MR) is 72.4 cm³/mol. The highest BCUT2D eigenvalue weighted by molar-refractivity contribution is 5.94. The van der Waals surface area contributed by atoms with E-state index in [1.807, 2.05) is 13.8 Å². The van der Waals surface area contributed by atoms with Gasteiger partial charge < -0.3 is 10.2 Å². The molecule has 0 saturated carbocycles. The van der Waals surface area contributed by atoms with Crippen molar-refractivity contribution in [2.24, 2.45) is 0 Å². The second kappa shape index (κ2) is 7.07. The van der Waals surface area contributed by atoms with Crippen LogP contribution in [-0.4, -0.2) is 30.9 Å². The zero-order valence-electron chi connectivity index (χ0n) is 11.6. The average Bonchev–Trinajstić information content (AvgIpc) is 2.39. The van der Waals surface area contributed by atoms with Gasteiger partial charge >= 0.3 is 0 Å². The fourth-order valence-corrected chi connectivity index (χ4v) is 1.87. The lowest BCUT2D eigenvalue weighted by molar-refractivity contribution is 0.0761. The average molecular weight is 270 g/mol. The van der Waals surface area contributed by atoms with Crippen molar-refractivity contribution in [3.63, 3.8) is 0 Å². The number of halogens is 2. The molecule has 0 unspecified atom stereocenters. The zero-order chi connectivity index (χ0) is 14.4. The van der Waals surface area contributed by atoms with Crippen LogP contribution in [0, 0.1) is 11.6 Å². The number of amides is 1. The number of anilines is 1. The highest BCUT2D eigenvalue weighted by Crippen LogP contribution is 2.21. The largest absolute Gasteiger partial charge is 0.383 e. The van der Waals surface area contributed by atoms with Crippen molar-refractivity contribution in [1.82, 2.24) is 4.90 Å². The summed E-state index contributed by atoms with van der Waals surface area (Å²) in [6.45, 7) is 5.00. The number of carbonyl (C=O) groups excluding carboxylic acids is 1. The summed E-state index contributed by atoms with van der Waals surface area (Å²) in [6, 6.07) is 2.15. The van der Waals surface area contributed by atoms with Crippen LogP contribution in [0.25, 0.3) is 0 Å². The molecule has 0 atom stereocenters. The summed E-state index contributed by atoms with van der Waals surface area (Å²) in [7, 11) is 1.43. The fraction of sp³-hybridized carbons (Fsp3) is 0.500. The lowest BCUT2D eigenvalue weighted by Crippen LogP contribution is -2.32. The number of unbranched alkanes of at least 4 members (excludes halogenated alkanes) is 1. The van der Waals surface area contributed by atoms with Crippen molar-refractivity contribution in [2.45, 2.75) is 26.7 Å². The second-order valence-corrected chi connectivity index (χ2v) is 4.30. The molecule has 1 rings (SSSR count). The van der Waals surface area contributed by atoms with Gasteiger partial charge in [-0.2, -0.15) is 0 Å². The van der Waals surface area contributed by atoms with Crippen LogP contribution >= 0.6 is 0 Å². The first-order valence-electron chi connectivity index (χ1n) is 6.51. The summed E-state index contributed by atoms with van der Waals surface area (Å²) >= 11 is 0. The van der Waals surface area contributed by atoms with Crippen molar-refractivity contribution < 1.29 is 13.6 Å².